The molecule has 4 nitrogen and oxygen atoms in total. The normalized spacial score (nSPS) is 15.6. The first kappa shape index (κ1) is 18.9. The number of aliphatic carboxylic acids is 1. The summed E-state index contributed by atoms with van der Waals surface area (Å²) in [6.07, 6.45) is 1.08. The van der Waals surface area contributed by atoms with Crippen molar-refractivity contribution in [3.8, 4) is 0 Å². The van der Waals surface area contributed by atoms with Crippen molar-refractivity contribution in [1.29, 1.82) is 0 Å². The summed E-state index contributed by atoms with van der Waals surface area (Å²) in [6.45, 7) is 14.5. The predicted octanol–water partition coefficient (Wildman–Crippen LogP) is 3.45. The van der Waals surface area contributed by atoms with Crippen molar-refractivity contribution in [2.24, 2.45) is 16.7 Å². The Balaban J connectivity index is 4.57. The number of carboxylic acids is 1. The third-order valence-electron chi connectivity index (χ3n) is 3.61. The zero-order chi connectivity index (χ0) is 16.1. The lowest BCUT2D eigenvalue weighted by atomic mass is 9.80. The number of amides is 1. The van der Waals surface area contributed by atoms with Crippen molar-refractivity contribution in [2.45, 2.75) is 73.8 Å². The second-order valence-corrected chi connectivity index (χ2v) is 8.10. The van der Waals surface area contributed by atoms with Crippen LogP contribution in [0.4, 0.5) is 0 Å². The highest BCUT2D eigenvalue weighted by Gasteiger charge is 2.26. The van der Waals surface area contributed by atoms with Crippen LogP contribution in [0.5, 0.6) is 0 Å². The van der Waals surface area contributed by atoms with Crippen LogP contribution in [0, 0.1) is 16.7 Å². The molecule has 118 valence electrons. The number of hydrogen-bond acceptors (Lipinski definition) is 2. The van der Waals surface area contributed by atoms with Gasteiger partial charge in [0.15, 0.2) is 0 Å². The first-order valence-corrected chi connectivity index (χ1v) is 7.32. The van der Waals surface area contributed by atoms with E-state index < -0.39 is 5.97 Å². The molecule has 2 atom stereocenters. The average molecular weight is 285 g/mol. The Labute approximate surface area is 123 Å². The van der Waals surface area contributed by atoms with Gasteiger partial charge >= 0.3 is 5.97 Å². The van der Waals surface area contributed by atoms with Crippen LogP contribution in [0.15, 0.2) is 0 Å². The molecule has 1 amide bonds. The number of rotatable bonds is 6. The molecule has 0 aromatic heterocycles. The van der Waals surface area contributed by atoms with Crippen LogP contribution in [-0.2, 0) is 9.59 Å². The SMILES string of the molecule is CC(CC(=O)NC(CC(=O)O)CC(C)(C)C)C(C)(C)C. The minimum absolute atomic E-state index is 0.0109. The number of carboxylic acid groups (broad SMARTS) is 1. The van der Waals surface area contributed by atoms with Gasteiger partial charge in [0.05, 0.1) is 6.42 Å². The first-order valence-electron chi connectivity index (χ1n) is 7.32. The van der Waals surface area contributed by atoms with Crippen LogP contribution in [0.3, 0.4) is 0 Å². The summed E-state index contributed by atoms with van der Waals surface area (Å²) in [5.41, 5.74) is 0.0622. The van der Waals surface area contributed by atoms with Crippen molar-refractivity contribution in [3.05, 3.63) is 0 Å². The molecule has 0 aliphatic rings. The molecule has 2 N–H and O–H groups in total. The van der Waals surface area contributed by atoms with E-state index in [4.69, 9.17) is 5.11 Å². The molecule has 0 aliphatic heterocycles. The molecule has 4 heteroatoms. The number of nitrogens with one attached hydrogen (secondary N) is 1. The van der Waals surface area contributed by atoms with E-state index in [0.29, 0.717) is 12.8 Å². The maximum Gasteiger partial charge on any atom is 0.305 e. The van der Waals surface area contributed by atoms with Crippen LogP contribution in [0.1, 0.15) is 67.7 Å². The fourth-order valence-corrected chi connectivity index (χ4v) is 2.00. The first-order chi connectivity index (χ1) is 8.81. The van der Waals surface area contributed by atoms with E-state index in [2.05, 4.69) is 33.0 Å². The Kier molecular flexibility index (Phi) is 6.72. The van der Waals surface area contributed by atoms with Crippen molar-refractivity contribution < 1.29 is 14.7 Å². The summed E-state index contributed by atoms with van der Waals surface area (Å²) in [6, 6.07) is -0.299. The Hall–Kier alpha value is -1.06. The maximum atomic E-state index is 12.1. The van der Waals surface area contributed by atoms with Gasteiger partial charge in [-0.15, -0.1) is 0 Å². The molecule has 20 heavy (non-hydrogen) atoms. The molecular formula is C16H31NO3. The van der Waals surface area contributed by atoms with Gasteiger partial charge in [0.1, 0.15) is 0 Å². The van der Waals surface area contributed by atoms with Crippen molar-refractivity contribution in [2.75, 3.05) is 0 Å². The van der Waals surface area contributed by atoms with Crippen molar-refractivity contribution in [1.82, 2.24) is 5.32 Å². The average Bonchev–Trinajstić information content (AvgIpc) is 2.10. The molecule has 0 saturated carbocycles. The third-order valence-corrected chi connectivity index (χ3v) is 3.61. The zero-order valence-corrected chi connectivity index (χ0v) is 14.0. The van der Waals surface area contributed by atoms with E-state index in [1.165, 1.54) is 0 Å². The molecule has 0 bridgehead atoms. The van der Waals surface area contributed by atoms with Gasteiger partial charge in [-0.1, -0.05) is 48.5 Å². The summed E-state index contributed by atoms with van der Waals surface area (Å²) >= 11 is 0. The molecule has 0 aliphatic carbocycles. The molecule has 0 aromatic carbocycles. The minimum atomic E-state index is -0.872. The Morgan fingerprint density at radius 2 is 1.55 bits per heavy atom. The summed E-state index contributed by atoms with van der Waals surface area (Å²) in [5.74, 6) is -0.672. The lowest BCUT2D eigenvalue weighted by Gasteiger charge is -2.29. The quantitative estimate of drug-likeness (QED) is 0.785. The fourth-order valence-electron chi connectivity index (χ4n) is 2.00. The Morgan fingerprint density at radius 1 is 1.05 bits per heavy atom. The molecule has 2 unspecified atom stereocenters. The van der Waals surface area contributed by atoms with Crippen molar-refractivity contribution >= 4 is 11.9 Å². The zero-order valence-electron chi connectivity index (χ0n) is 14.0. The lowest BCUT2D eigenvalue weighted by Crippen LogP contribution is -2.40. The molecule has 0 radical (unpaired) electrons. The lowest BCUT2D eigenvalue weighted by molar-refractivity contribution is -0.138. The number of carbonyl (C=O) groups is 2. The van der Waals surface area contributed by atoms with E-state index in [1.54, 1.807) is 0 Å². The molecule has 0 spiro atoms. The van der Waals surface area contributed by atoms with Crippen LogP contribution in [0.2, 0.25) is 0 Å². The van der Waals surface area contributed by atoms with E-state index in [1.807, 2.05) is 20.8 Å². The van der Waals surface area contributed by atoms with Gasteiger partial charge in [0.25, 0.3) is 0 Å². The standard InChI is InChI=1S/C16H31NO3/c1-11(16(5,6)7)8-13(18)17-12(9-14(19)20)10-15(2,3)4/h11-12H,8-10H2,1-7H3,(H,17,18)(H,19,20). The topological polar surface area (TPSA) is 66.4 Å². The van der Waals surface area contributed by atoms with E-state index in [-0.39, 0.29) is 35.1 Å². The third kappa shape index (κ3) is 8.94. The molecular weight excluding hydrogens is 254 g/mol. The summed E-state index contributed by atoms with van der Waals surface area (Å²) in [5, 5.41) is 11.8. The van der Waals surface area contributed by atoms with Gasteiger partial charge in [-0.3, -0.25) is 9.59 Å². The highest BCUT2D eigenvalue weighted by molar-refractivity contribution is 5.77. The largest absolute Gasteiger partial charge is 0.481 e. The highest BCUT2D eigenvalue weighted by Crippen LogP contribution is 2.28. The van der Waals surface area contributed by atoms with Gasteiger partial charge in [0.2, 0.25) is 5.91 Å². The molecule has 0 fully saturated rings. The molecule has 0 saturated heterocycles. The second kappa shape index (κ2) is 7.09. The van der Waals surface area contributed by atoms with E-state index in [9.17, 15) is 9.59 Å². The van der Waals surface area contributed by atoms with Gasteiger partial charge in [-0.05, 0) is 23.2 Å². The van der Waals surface area contributed by atoms with Crippen molar-refractivity contribution in [3.63, 3.8) is 0 Å². The Bertz CT molecular complexity index is 337. The van der Waals surface area contributed by atoms with Gasteiger partial charge < -0.3 is 10.4 Å². The van der Waals surface area contributed by atoms with Crippen LogP contribution < -0.4 is 5.32 Å². The second-order valence-electron chi connectivity index (χ2n) is 8.10. The minimum Gasteiger partial charge on any atom is -0.481 e. The summed E-state index contributed by atoms with van der Waals surface area (Å²) in [4.78, 5) is 23.0. The summed E-state index contributed by atoms with van der Waals surface area (Å²) < 4.78 is 0. The number of carbonyl (C=O) groups excluding carboxylic acids is 1. The fraction of sp³-hybridized carbons (Fsp3) is 0.875. The Morgan fingerprint density at radius 3 is 1.90 bits per heavy atom. The van der Waals surface area contributed by atoms with Gasteiger partial charge in [0, 0.05) is 12.5 Å². The van der Waals surface area contributed by atoms with E-state index >= 15 is 0 Å². The molecule has 0 aromatic rings. The number of hydrogen-bond donors (Lipinski definition) is 2. The smallest absolute Gasteiger partial charge is 0.305 e. The van der Waals surface area contributed by atoms with Crippen LogP contribution in [0.25, 0.3) is 0 Å². The van der Waals surface area contributed by atoms with Crippen LogP contribution >= 0.6 is 0 Å². The molecule has 0 heterocycles. The van der Waals surface area contributed by atoms with Gasteiger partial charge in [-0.25, -0.2) is 0 Å². The summed E-state index contributed by atoms with van der Waals surface area (Å²) in [7, 11) is 0. The van der Waals surface area contributed by atoms with Gasteiger partial charge in [-0.2, -0.15) is 0 Å². The molecule has 0 rings (SSSR count). The van der Waals surface area contributed by atoms with E-state index in [0.717, 1.165) is 0 Å². The monoisotopic (exact) mass is 285 g/mol. The van der Waals surface area contributed by atoms with Crippen LogP contribution in [-0.4, -0.2) is 23.0 Å². The maximum absolute atomic E-state index is 12.1. The predicted molar refractivity (Wildman–Crippen MR) is 81.5 cm³/mol. The highest BCUT2D eigenvalue weighted by atomic mass is 16.4.